The molecule has 0 spiro atoms. The molecule has 0 aliphatic carbocycles. The normalized spacial score (nSPS) is 20.5. The summed E-state index contributed by atoms with van der Waals surface area (Å²) in [5.74, 6) is 0.779. The SMILES string of the molecule is COC(=O)N1CC[C@H](c2cc(=O)[nH]o2)C[C@@H]1Cc1ccc(C(C)(C)C)cc1. The van der Waals surface area contributed by atoms with E-state index in [0.29, 0.717) is 12.3 Å². The van der Waals surface area contributed by atoms with Crippen LogP contribution in [-0.4, -0.2) is 35.8 Å². The molecule has 1 saturated heterocycles. The van der Waals surface area contributed by atoms with Crippen molar-refractivity contribution < 1.29 is 14.1 Å². The van der Waals surface area contributed by atoms with Crippen LogP contribution in [0.1, 0.15) is 56.4 Å². The molecule has 0 bridgehead atoms. The fourth-order valence-electron chi connectivity index (χ4n) is 3.77. The van der Waals surface area contributed by atoms with E-state index in [1.54, 1.807) is 4.90 Å². The lowest BCUT2D eigenvalue weighted by atomic mass is 9.84. The molecule has 2 heterocycles. The van der Waals surface area contributed by atoms with E-state index in [1.807, 2.05) is 0 Å². The van der Waals surface area contributed by atoms with Gasteiger partial charge in [-0.25, -0.2) is 4.79 Å². The Hall–Kier alpha value is -2.50. The molecule has 6 heteroatoms. The molecule has 1 aromatic heterocycles. The lowest BCUT2D eigenvalue weighted by molar-refractivity contribution is 0.0817. The number of amides is 1. The molecule has 3 rings (SSSR count). The highest BCUT2D eigenvalue weighted by Gasteiger charge is 2.34. The smallest absolute Gasteiger partial charge is 0.409 e. The third kappa shape index (κ3) is 4.43. The Labute approximate surface area is 159 Å². The Morgan fingerprint density at radius 2 is 2.00 bits per heavy atom. The van der Waals surface area contributed by atoms with Gasteiger partial charge in [-0.15, -0.1) is 0 Å². The van der Waals surface area contributed by atoms with E-state index in [4.69, 9.17) is 9.26 Å². The summed E-state index contributed by atoms with van der Waals surface area (Å²) in [6.07, 6.45) is 1.91. The van der Waals surface area contributed by atoms with E-state index in [-0.39, 0.29) is 29.0 Å². The summed E-state index contributed by atoms with van der Waals surface area (Å²) in [5.41, 5.74) is 2.35. The summed E-state index contributed by atoms with van der Waals surface area (Å²) in [6.45, 7) is 7.16. The van der Waals surface area contributed by atoms with Crippen LogP contribution >= 0.6 is 0 Å². The fourth-order valence-corrected chi connectivity index (χ4v) is 3.77. The Balaban J connectivity index is 1.79. The first-order chi connectivity index (χ1) is 12.8. The average Bonchev–Trinajstić information content (AvgIpc) is 3.07. The molecule has 1 aliphatic rings. The van der Waals surface area contributed by atoms with E-state index >= 15 is 0 Å². The summed E-state index contributed by atoms with van der Waals surface area (Å²) in [6, 6.07) is 10.1. The zero-order valence-electron chi connectivity index (χ0n) is 16.5. The molecule has 1 aromatic carbocycles. The van der Waals surface area contributed by atoms with Crippen LogP contribution in [0.25, 0.3) is 0 Å². The predicted molar refractivity (Wildman–Crippen MR) is 103 cm³/mol. The Bertz CT molecular complexity index is 829. The molecule has 6 nitrogen and oxygen atoms in total. The molecular weight excluding hydrogens is 344 g/mol. The van der Waals surface area contributed by atoms with E-state index in [1.165, 1.54) is 24.3 Å². The van der Waals surface area contributed by atoms with Crippen molar-refractivity contribution in [3.8, 4) is 0 Å². The van der Waals surface area contributed by atoms with Crippen molar-refractivity contribution >= 4 is 6.09 Å². The van der Waals surface area contributed by atoms with E-state index in [0.717, 1.165) is 19.3 Å². The first-order valence-corrected chi connectivity index (χ1v) is 9.40. The van der Waals surface area contributed by atoms with Gasteiger partial charge in [0.15, 0.2) is 0 Å². The number of nitrogens with one attached hydrogen (secondary N) is 1. The van der Waals surface area contributed by atoms with Crippen molar-refractivity contribution in [1.82, 2.24) is 10.1 Å². The maximum Gasteiger partial charge on any atom is 0.409 e. The lowest BCUT2D eigenvalue weighted by Gasteiger charge is -2.38. The standard InChI is InChI=1S/C21H28N2O4/c1-21(2,3)16-7-5-14(6-8-16)11-17-12-15(18-13-19(24)22-27-18)9-10-23(17)20(25)26-4/h5-8,13,15,17H,9-12H2,1-4H3,(H,22,24)/t15-,17-/m0/s1. The third-order valence-corrected chi connectivity index (χ3v) is 5.36. The van der Waals surface area contributed by atoms with Gasteiger partial charge in [0, 0.05) is 24.6 Å². The number of aromatic amines is 1. The second kappa shape index (κ2) is 7.62. The summed E-state index contributed by atoms with van der Waals surface area (Å²) < 4.78 is 10.3. The van der Waals surface area contributed by atoms with Crippen LogP contribution < -0.4 is 5.56 Å². The highest BCUT2D eigenvalue weighted by molar-refractivity contribution is 5.68. The van der Waals surface area contributed by atoms with Crippen molar-refractivity contribution in [3.05, 3.63) is 57.6 Å². The predicted octanol–water partition coefficient (Wildman–Crippen LogP) is 3.82. The second-order valence-corrected chi connectivity index (χ2v) is 8.30. The summed E-state index contributed by atoms with van der Waals surface area (Å²) in [5, 5.41) is 2.36. The van der Waals surface area contributed by atoms with Crippen LogP contribution in [0.4, 0.5) is 4.79 Å². The minimum Gasteiger partial charge on any atom is -0.453 e. The van der Waals surface area contributed by atoms with Gasteiger partial charge in [-0.2, -0.15) is 5.16 Å². The topological polar surface area (TPSA) is 75.5 Å². The minimum absolute atomic E-state index is 0.00288. The number of methoxy groups -OCH3 is 1. The monoisotopic (exact) mass is 372 g/mol. The van der Waals surface area contributed by atoms with Crippen LogP contribution in [0, 0.1) is 0 Å². The second-order valence-electron chi connectivity index (χ2n) is 8.30. The maximum atomic E-state index is 12.2. The first kappa shape index (κ1) is 19.3. The van der Waals surface area contributed by atoms with Gasteiger partial charge < -0.3 is 14.2 Å². The fraction of sp³-hybridized carbons (Fsp3) is 0.524. The lowest BCUT2D eigenvalue weighted by Crippen LogP contribution is -2.46. The zero-order valence-corrected chi connectivity index (χ0v) is 16.5. The molecule has 0 radical (unpaired) electrons. The van der Waals surface area contributed by atoms with Crippen LogP contribution in [0.15, 0.2) is 39.6 Å². The molecule has 1 N–H and O–H groups in total. The number of nitrogens with zero attached hydrogens (tertiary/aromatic N) is 1. The van der Waals surface area contributed by atoms with Crippen LogP contribution in [0.2, 0.25) is 0 Å². The number of aromatic nitrogens is 1. The number of piperidine rings is 1. The number of carbonyl (C=O) groups excluding carboxylic acids is 1. The number of hydrogen-bond acceptors (Lipinski definition) is 4. The number of rotatable bonds is 3. The van der Waals surface area contributed by atoms with E-state index < -0.39 is 0 Å². The average molecular weight is 372 g/mol. The number of ether oxygens (including phenoxy) is 1. The molecule has 1 amide bonds. The molecule has 0 saturated carbocycles. The van der Waals surface area contributed by atoms with Crippen LogP contribution in [0.3, 0.4) is 0 Å². The summed E-state index contributed by atoms with van der Waals surface area (Å²) >= 11 is 0. The van der Waals surface area contributed by atoms with Gasteiger partial charge in [0.2, 0.25) is 0 Å². The van der Waals surface area contributed by atoms with Gasteiger partial charge in [0.1, 0.15) is 5.76 Å². The highest BCUT2D eigenvalue weighted by atomic mass is 16.5. The minimum atomic E-state index is -0.305. The highest BCUT2D eigenvalue weighted by Crippen LogP contribution is 2.33. The number of hydrogen-bond donors (Lipinski definition) is 1. The van der Waals surface area contributed by atoms with E-state index in [9.17, 15) is 9.59 Å². The van der Waals surface area contributed by atoms with Gasteiger partial charge in [0.05, 0.1) is 7.11 Å². The van der Waals surface area contributed by atoms with Crippen molar-refractivity contribution in [3.63, 3.8) is 0 Å². The van der Waals surface area contributed by atoms with Crippen LogP contribution in [0.5, 0.6) is 0 Å². The number of benzene rings is 1. The summed E-state index contributed by atoms with van der Waals surface area (Å²) in [4.78, 5) is 25.4. The van der Waals surface area contributed by atoms with Gasteiger partial charge in [-0.1, -0.05) is 45.0 Å². The van der Waals surface area contributed by atoms with Crippen molar-refractivity contribution in [2.24, 2.45) is 0 Å². The van der Waals surface area contributed by atoms with E-state index in [2.05, 4.69) is 50.2 Å². The molecule has 1 fully saturated rings. The third-order valence-electron chi connectivity index (χ3n) is 5.36. The van der Waals surface area contributed by atoms with Crippen LogP contribution in [-0.2, 0) is 16.6 Å². The quantitative estimate of drug-likeness (QED) is 0.889. The largest absolute Gasteiger partial charge is 0.453 e. The molecule has 146 valence electrons. The summed E-state index contributed by atoms with van der Waals surface area (Å²) in [7, 11) is 1.41. The molecular formula is C21H28N2O4. The number of likely N-dealkylation sites (tertiary alicyclic amines) is 1. The Morgan fingerprint density at radius 3 is 2.56 bits per heavy atom. The molecule has 0 unspecified atom stereocenters. The van der Waals surface area contributed by atoms with Crippen molar-refractivity contribution in [2.75, 3.05) is 13.7 Å². The maximum absolute atomic E-state index is 12.2. The molecule has 2 atom stereocenters. The van der Waals surface area contributed by atoms with Crippen molar-refractivity contribution in [1.29, 1.82) is 0 Å². The first-order valence-electron chi connectivity index (χ1n) is 9.40. The molecule has 2 aromatic rings. The molecule has 27 heavy (non-hydrogen) atoms. The Morgan fingerprint density at radius 1 is 1.30 bits per heavy atom. The van der Waals surface area contributed by atoms with Gasteiger partial charge in [-0.3, -0.25) is 4.79 Å². The number of H-pyrrole nitrogens is 1. The van der Waals surface area contributed by atoms with Gasteiger partial charge in [-0.05, 0) is 35.8 Å². The zero-order chi connectivity index (χ0) is 19.6. The Kier molecular flexibility index (Phi) is 5.44. The molecule has 1 aliphatic heterocycles. The van der Waals surface area contributed by atoms with Gasteiger partial charge in [0.25, 0.3) is 5.56 Å². The number of carbonyl (C=O) groups is 1. The van der Waals surface area contributed by atoms with Gasteiger partial charge >= 0.3 is 6.09 Å². The van der Waals surface area contributed by atoms with Crippen molar-refractivity contribution in [2.45, 2.75) is 57.4 Å².